The van der Waals surface area contributed by atoms with Gasteiger partial charge in [0.2, 0.25) is 10.0 Å². The number of sulfonamides is 1. The van der Waals surface area contributed by atoms with E-state index in [1.54, 1.807) is 6.92 Å². The third-order valence-corrected chi connectivity index (χ3v) is 2.01. The Bertz CT molecular complexity index is 138. The molecule has 0 rings (SSSR count). The summed E-state index contributed by atoms with van der Waals surface area (Å²) in [5.74, 6) is 1.23. The molecule has 0 atom stereocenters. The molecule has 0 saturated carbocycles. The highest BCUT2D eigenvalue weighted by Gasteiger charge is 2.02. The molecule has 0 saturated heterocycles. The monoisotopic (exact) mass is 136 g/mol. The Morgan fingerprint density at radius 2 is 2.12 bits per heavy atom. The summed E-state index contributed by atoms with van der Waals surface area (Å²) in [6.45, 7) is 1.77. The van der Waals surface area contributed by atoms with E-state index in [2.05, 4.69) is 4.72 Å². The minimum atomic E-state index is -3.04. The highest BCUT2D eigenvalue weighted by molar-refractivity contribution is 7.91. The van der Waals surface area contributed by atoms with Crippen molar-refractivity contribution in [2.75, 3.05) is 7.05 Å². The molecule has 0 bridgehead atoms. The lowest BCUT2D eigenvalue weighted by atomic mass is 10.6. The van der Waals surface area contributed by atoms with Crippen molar-refractivity contribution in [2.45, 2.75) is 13.3 Å². The van der Waals surface area contributed by atoms with Crippen LogP contribution in [0.3, 0.4) is 0 Å². The van der Waals surface area contributed by atoms with Gasteiger partial charge in [0, 0.05) is 0 Å². The highest BCUT2D eigenvalue weighted by atomic mass is 32.2. The molecule has 3 nitrogen and oxygen atoms in total. The normalized spacial score (nSPS) is 11.8. The van der Waals surface area contributed by atoms with Gasteiger partial charge in [-0.2, -0.15) is 0 Å². The molecule has 0 aromatic rings. The topological polar surface area (TPSA) is 46.2 Å². The lowest BCUT2D eigenvalue weighted by molar-refractivity contribution is 0.592. The Balaban J connectivity index is 3.76. The van der Waals surface area contributed by atoms with Crippen molar-refractivity contribution in [1.29, 1.82) is 0 Å². The van der Waals surface area contributed by atoms with E-state index in [9.17, 15) is 8.42 Å². The Hall–Kier alpha value is -0.0900. The lowest BCUT2D eigenvalue weighted by Crippen LogP contribution is -2.17. The molecule has 0 amide bonds. The zero-order valence-corrected chi connectivity index (χ0v) is 5.83. The Morgan fingerprint density at radius 3 is 2.25 bits per heavy atom. The van der Waals surface area contributed by atoms with Crippen molar-refractivity contribution in [2.24, 2.45) is 0 Å². The van der Waals surface area contributed by atoms with Crippen molar-refractivity contribution >= 4 is 10.0 Å². The summed E-state index contributed by atoms with van der Waals surface area (Å²) in [5.41, 5.74) is 0. The van der Waals surface area contributed by atoms with Crippen LogP contribution in [0, 0.1) is 5.75 Å². The molecule has 1 radical (unpaired) electrons. The summed E-state index contributed by atoms with van der Waals surface area (Å²) in [5, 5.41) is 0. The molecule has 0 aliphatic heterocycles. The van der Waals surface area contributed by atoms with E-state index in [1.807, 2.05) is 0 Å². The molecule has 4 heteroatoms. The fraction of sp³-hybridized carbons (Fsp3) is 0.750. The zero-order chi connectivity index (χ0) is 6.62. The Kier molecular flexibility index (Phi) is 3.01. The first-order valence-electron chi connectivity index (χ1n) is 2.39. The Morgan fingerprint density at radius 1 is 1.62 bits per heavy atom. The largest absolute Gasteiger partial charge is 0.218 e. The fourth-order valence-electron chi connectivity index (χ4n) is 0.303. The molecule has 8 heavy (non-hydrogen) atoms. The molecule has 0 fully saturated rings. The fourth-order valence-corrected chi connectivity index (χ4v) is 0.908. The van der Waals surface area contributed by atoms with Crippen LogP contribution in [0.2, 0.25) is 0 Å². The van der Waals surface area contributed by atoms with Crippen LogP contribution in [-0.4, -0.2) is 15.5 Å². The molecule has 49 valence electrons. The van der Waals surface area contributed by atoms with Crippen LogP contribution in [0.1, 0.15) is 13.3 Å². The van der Waals surface area contributed by atoms with Crippen molar-refractivity contribution < 1.29 is 8.42 Å². The van der Waals surface area contributed by atoms with Gasteiger partial charge in [0.05, 0.1) is 5.75 Å². The summed E-state index contributed by atoms with van der Waals surface area (Å²) in [4.78, 5) is 0. The predicted octanol–water partition coefficient (Wildman–Crippen LogP) is 0.107. The minimum Gasteiger partial charge on any atom is -0.218 e. The van der Waals surface area contributed by atoms with Gasteiger partial charge in [-0.15, -0.1) is 0 Å². The van der Waals surface area contributed by atoms with Gasteiger partial charge in [-0.1, -0.05) is 6.92 Å². The van der Waals surface area contributed by atoms with Gasteiger partial charge >= 0.3 is 0 Å². The third kappa shape index (κ3) is 2.98. The van der Waals surface area contributed by atoms with E-state index in [0.717, 1.165) is 0 Å². The van der Waals surface area contributed by atoms with Crippen molar-refractivity contribution in [3.05, 3.63) is 5.75 Å². The van der Waals surface area contributed by atoms with Crippen LogP contribution in [0.4, 0.5) is 0 Å². The van der Waals surface area contributed by atoms with Crippen molar-refractivity contribution in [1.82, 2.24) is 4.72 Å². The molecule has 0 aromatic heterocycles. The highest BCUT2D eigenvalue weighted by Crippen LogP contribution is 1.91. The van der Waals surface area contributed by atoms with Crippen LogP contribution in [-0.2, 0) is 10.0 Å². The van der Waals surface area contributed by atoms with Gasteiger partial charge in [-0.05, 0) is 13.5 Å². The van der Waals surface area contributed by atoms with Gasteiger partial charge in [0.1, 0.15) is 0 Å². The first kappa shape index (κ1) is 7.91. The molecule has 0 heterocycles. The first-order valence-corrected chi connectivity index (χ1v) is 3.93. The number of hydrogen-bond donors (Lipinski definition) is 1. The van der Waals surface area contributed by atoms with Gasteiger partial charge in [0.25, 0.3) is 0 Å². The van der Waals surface area contributed by atoms with Gasteiger partial charge in [-0.25, -0.2) is 13.1 Å². The average Bonchev–Trinajstić information content (AvgIpc) is 1.67. The smallest absolute Gasteiger partial charge is 0.215 e. The number of hydrogen-bond acceptors (Lipinski definition) is 2. The predicted molar refractivity (Wildman–Crippen MR) is 32.6 cm³/mol. The van der Waals surface area contributed by atoms with Crippen molar-refractivity contribution in [3.8, 4) is 0 Å². The third-order valence-electron chi connectivity index (χ3n) is 0.671. The summed E-state index contributed by atoms with van der Waals surface area (Å²) in [7, 11) is -1.65. The lowest BCUT2D eigenvalue weighted by Gasteiger charge is -1.94. The standard InChI is InChI=1S/C4H10NO2S/c1-3-4-8(6,7)5-2/h4-5H,3H2,1-2H3. The van der Waals surface area contributed by atoms with Crippen LogP contribution in [0.5, 0.6) is 0 Å². The maximum absolute atomic E-state index is 10.4. The second-order valence-corrected chi connectivity index (χ2v) is 3.16. The van der Waals surface area contributed by atoms with Crippen LogP contribution >= 0.6 is 0 Å². The van der Waals surface area contributed by atoms with Crippen LogP contribution < -0.4 is 4.72 Å². The van der Waals surface area contributed by atoms with Gasteiger partial charge in [0.15, 0.2) is 0 Å². The minimum absolute atomic E-state index is 0.545. The van der Waals surface area contributed by atoms with E-state index >= 15 is 0 Å². The molecule has 0 spiro atoms. The quantitative estimate of drug-likeness (QED) is 0.598. The summed E-state index contributed by atoms with van der Waals surface area (Å²) in [6.07, 6.45) is 0.545. The molecule has 0 aliphatic rings. The Labute approximate surface area is 50.1 Å². The molecular weight excluding hydrogens is 126 g/mol. The zero-order valence-electron chi connectivity index (χ0n) is 5.01. The van der Waals surface area contributed by atoms with Crippen LogP contribution in [0.25, 0.3) is 0 Å². The van der Waals surface area contributed by atoms with Crippen molar-refractivity contribution in [3.63, 3.8) is 0 Å². The van der Waals surface area contributed by atoms with Crippen LogP contribution in [0.15, 0.2) is 0 Å². The SMILES string of the molecule is CC[CH]S(=O)(=O)NC. The molecule has 0 aliphatic carbocycles. The number of nitrogens with one attached hydrogen (secondary N) is 1. The second kappa shape index (κ2) is 3.04. The first-order chi connectivity index (χ1) is 3.62. The number of rotatable bonds is 3. The average molecular weight is 136 g/mol. The summed E-state index contributed by atoms with van der Waals surface area (Å²) in [6, 6.07) is 0. The second-order valence-electron chi connectivity index (χ2n) is 1.32. The molecule has 0 aromatic carbocycles. The van der Waals surface area contributed by atoms with E-state index < -0.39 is 10.0 Å². The molecule has 1 N–H and O–H groups in total. The van der Waals surface area contributed by atoms with Gasteiger partial charge in [-0.3, -0.25) is 0 Å². The van der Waals surface area contributed by atoms with E-state index in [1.165, 1.54) is 12.8 Å². The van der Waals surface area contributed by atoms with Gasteiger partial charge < -0.3 is 0 Å². The summed E-state index contributed by atoms with van der Waals surface area (Å²) >= 11 is 0. The summed E-state index contributed by atoms with van der Waals surface area (Å²) < 4.78 is 23.0. The van der Waals surface area contributed by atoms with E-state index in [4.69, 9.17) is 0 Å². The maximum atomic E-state index is 10.4. The molecular formula is C4H10NO2S. The van der Waals surface area contributed by atoms with E-state index in [0.29, 0.717) is 6.42 Å². The molecule has 0 unspecified atom stereocenters. The van der Waals surface area contributed by atoms with E-state index in [-0.39, 0.29) is 0 Å². The maximum Gasteiger partial charge on any atom is 0.215 e.